The van der Waals surface area contributed by atoms with Crippen molar-refractivity contribution in [1.29, 1.82) is 0 Å². The Balaban J connectivity index is 2.40. The van der Waals surface area contributed by atoms with Gasteiger partial charge < -0.3 is 9.47 Å². The first-order chi connectivity index (χ1) is 9.21. The van der Waals surface area contributed by atoms with E-state index in [4.69, 9.17) is 15.3 Å². The number of nitrogens with two attached hydrogens (primary N) is 1. The Morgan fingerprint density at radius 1 is 1.26 bits per heavy atom. The smallest absolute Gasteiger partial charge is 0.233 e. The minimum absolute atomic E-state index is 0.374. The molecule has 0 saturated heterocycles. The molecule has 0 spiro atoms. The number of aromatic nitrogens is 4. The maximum absolute atomic E-state index is 5.61. The Hall–Kier alpha value is -2.19. The SMILES string of the molecule is COc1ccc(C(NN)c2c(OC)cnn2C)nn1. The first-order valence-electron chi connectivity index (χ1n) is 5.61. The van der Waals surface area contributed by atoms with Crippen LogP contribution >= 0.6 is 0 Å². The number of methoxy groups -OCH3 is 2. The van der Waals surface area contributed by atoms with Gasteiger partial charge in [-0.05, 0) is 6.07 Å². The Morgan fingerprint density at radius 3 is 2.58 bits per heavy atom. The second-order valence-corrected chi connectivity index (χ2v) is 3.82. The molecule has 1 atom stereocenters. The van der Waals surface area contributed by atoms with Crippen LogP contribution in [-0.2, 0) is 7.05 Å². The molecule has 0 fully saturated rings. The van der Waals surface area contributed by atoms with E-state index in [1.807, 2.05) is 0 Å². The fourth-order valence-electron chi connectivity index (χ4n) is 1.81. The molecule has 19 heavy (non-hydrogen) atoms. The molecule has 8 heteroatoms. The number of ether oxygens (including phenoxy) is 2. The molecule has 2 aromatic rings. The minimum atomic E-state index is -0.374. The summed E-state index contributed by atoms with van der Waals surface area (Å²) >= 11 is 0. The average molecular weight is 264 g/mol. The lowest BCUT2D eigenvalue weighted by Gasteiger charge is -2.16. The van der Waals surface area contributed by atoms with Crippen molar-refractivity contribution in [3.8, 4) is 11.6 Å². The topological polar surface area (TPSA) is 100 Å². The number of aryl methyl sites for hydroxylation is 1. The predicted molar refractivity (Wildman–Crippen MR) is 67.5 cm³/mol. The zero-order valence-electron chi connectivity index (χ0n) is 11.0. The number of nitrogens with zero attached hydrogens (tertiary/aromatic N) is 4. The third-order valence-electron chi connectivity index (χ3n) is 2.77. The van der Waals surface area contributed by atoms with Gasteiger partial charge in [0.15, 0.2) is 5.75 Å². The second kappa shape index (κ2) is 5.63. The first kappa shape index (κ1) is 13.2. The van der Waals surface area contributed by atoms with Crippen molar-refractivity contribution < 1.29 is 9.47 Å². The van der Waals surface area contributed by atoms with Gasteiger partial charge in [0.1, 0.15) is 11.7 Å². The Kier molecular flexibility index (Phi) is 3.93. The third-order valence-corrected chi connectivity index (χ3v) is 2.77. The molecular formula is C11H16N6O2. The van der Waals surface area contributed by atoms with Gasteiger partial charge in [-0.15, -0.1) is 10.2 Å². The van der Waals surface area contributed by atoms with E-state index in [0.717, 1.165) is 5.69 Å². The summed E-state index contributed by atoms with van der Waals surface area (Å²) in [6.07, 6.45) is 1.62. The minimum Gasteiger partial charge on any atom is -0.493 e. The van der Waals surface area contributed by atoms with Gasteiger partial charge in [-0.2, -0.15) is 5.10 Å². The molecule has 0 aliphatic carbocycles. The fourth-order valence-corrected chi connectivity index (χ4v) is 1.81. The first-order valence-corrected chi connectivity index (χ1v) is 5.61. The summed E-state index contributed by atoms with van der Waals surface area (Å²) in [4.78, 5) is 0. The summed E-state index contributed by atoms with van der Waals surface area (Å²) in [6, 6.07) is 3.12. The van der Waals surface area contributed by atoms with E-state index in [0.29, 0.717) is 17.3 Å². The lowest BCUT2D eigenvalue weighted by molar-refractivity contribution is 0.387. The Morgan fingerprint density at radius 2 is 2.05 bits per heavy atom. The van der Waals surface area contributed by atoms with Crippen LogP contribution in [0.5, 0.6) is 11.6 Å². The molecule has 3 N–H and O–H groups in total. The standard InChI is InChI=1S/C11H16N6O2/c1-17-11(8(18-2)6-13-17)10(14-12)7-4-5-9(19-3)16-15-7/h4-6,10,14H,12H2,1-3H3. The monoisotopic (exact) mass is 264 g/mol. The van der Waals surface area contributed by atoms with Crippen LogP contribution in [-0.4, -0.2) is 34.2 Å². The molecule has 0 radical (unpaired) electrons. The molecular weight excluding hydrogens is 248 g/mol. The van der Waals surface area contributed by atoms with Gasteiger partial charge in [-0.25, -0.2) is 5.43 Å². The van der Waals surface area contributed by atoms with Crippen LogP contribution in [0.2, 0.25) is 0 Å². The number of hydrazine groups is 1. The van der Waals surface area contributed by atoms with Crippen molar-refractivity contribution in [2.45, 2.75) is 6.04 Å². The molecule has 0 aliphatic rings. The van der Waals surface area contributed by atoms with Crippen LogP contribution in [0.25, 0.3) is 0 Å². The molecule has 0 aromatic carbocycles. The zero-order chi connectivity index (χ0) is 13.8. The number of hydrogen-bond donors (Lipinski definition) is 2. The summed E-state index contributed by atoms with van der Waals surface area (Å²) < 4.78 is 11.9. The van der Waals surface area contributed by atoms with Crippen LogP contribution in [0.4, 0.5) is 0 Å². The summed E-state index contributed by atoms with van der Waals surface area (Å²) in [7, 11) is 4.92. The largest absolute Gasteiger partial charge is 0.493 e. The highest BCUT2D eigenvalue weighted by Gasteiger charge is 2.23. The Labute approximate surface area is 110 Å². The van der Waals surface area contributed by atoms with Gasteiger partial charge in [0, 0.05) is 13.1 Å². The van der Waals surface area contributed by atoms with E-state index in [2.05, 4.69) is 20.7 Å². The lowest BCUT2D eigenvalue weighted by atomic mass is 10.1. The van der Waals surface area contributed by atoms with Crippen molar-refractivity contribution in [2.24, 2.45) is 12.9 Å². The van der Waals surface area contributed by atoms with Crippen molar-refractivity contribution in [1.82, 2.24) is 25.4 Å². The molecule has 0 aliphatic heterocycles. The van der Waals surface area contributed by atoms with Crippen LogP contribution in [0.15, 0.2) is 18.3 Å². The normalized spacial score (nSPS) is 12.2. The van der Waals surface area contributed by atoms with Gasteiger partial charge in [0.25, 0.3) is 0 Å². The van der Waals surface area contributed by atoms with Gasteiger partial charge in [-0.3, -0.25) is 10.5 Å². The van der Waals surface area contributed by atoms with Crippen LogP contribution < -0.4 is 20.7 Å². The molecule has 0 amide bonds. The van der Waals surface area contributed by atoms with Crippen LogP contribution in [0, 0.1) is 0 Å². The maximum Gasteiger partial charge on any atom is 0.233 e. The maximum atomic E-state index is 5.61. The molecule has 2 heterocycles. The van der Waals surface area contributed by atoms with Crippen molar-refractivity contribution >= 4 is 0 Å². The molecule has 1 unspecified atom stereocenters. The van der Waals surface area contributed by atoms with Crippen LogP contribution in [0.1, 0.15) is 17.4 Å². The predicted octanol–water partition coefficient (Wildman–Crippen LogP) is -0.220. The molecule has 0 bridgehead atoms. The van der Waals surface area contributed by atoms with Gasteiger partial charge in [-0.1, -0.05) is 0 Å². The average Bonchev–Trinajstić information content (AvgIpc) is 2.82. The summed E-state index contributed by atoms with van der Waals surface area (Å²) in [5.74, 6) is 6.68. The highest BCUT2D eigenvalue weighted by molar-refractivity contribution is 5.33. The van der Waals surface area contributed by atoms with E-state index >= 15 is 0 Å². The quantitative estimate of drug-likeness (QED) is 0.568. The van der Waals surface area contributed by atoms with Gasteiger partial charge in [0.2, 0.25) is 5.88 Å². The number of rotatable bonds is 5. The summed E-state index contributed by atoms with van der Waals surface area (Å²) in [6.45, 7) is 0. The van der Waals surface area contributed by atoms with Gasteiger partial charge >= 0.3 is 0 Å². The van der Waals surface area contributed by atoms with E-state index in [-0.39, 0.29) is 6.04 Å². The van der Waals surface area contributed by atoms with E-state index in [9.17, 15) is 0 Å². The van der Waals surface area contributed by atoms with Crippen molar-refractivity contribution in [3.63, 3.8) is 0 Å². The lowest BCUT2D eigenvalue weighted by Crippen LogP contribution is -2.31. The Bertz CT molecular complexity index is 539. The highest BCUT2D eigenvalue weighted by Crippen LogP contribution is 2.27. The second-order valence-electron chi connectivity index (χ2n) is 3.82. The molecule has 0 saturated carbocycles. The highest BCUT2D eigenvalue weighted by atomic mass is 16.5. The molecule has 8 nitrogen and oxygen atoms in total. The zero-order valence-corrected chi connectivity index (χ0v) is 11.0. The summed E-state index contributed by atoms with van der Waals surface area (Å²) in [5, 5.41) is 12.1. The number of nitrogens with one attached hydrogen (secondary N) is 1. The third kappa shape index (κ3) is 2.49. The van der Waals surface area contributed by atoms with Gasteiger partial charge in [0.05, 0.1) is 26.1 Å². The molecule has 2 aromatic heterocycles. The van der Waals surface area contributed by atoms with Crippen molar-refractivity contribution in [3.05, 3.63) is 29.7 Å². The summed E-state index contributed by atoms with van der Waals surface area (Å²) in [5.41, 5.74) is 4.10. The van der Waals surface area contributed by atoms with Crippen LogP contribution in [0.3, 0.4) is 0 Å². The molecule has 102 valence electrons. The fraction of sp³-hybridized carbons (Fsp3) is 0.364. The molecule has 2 rings (SSSR count). The van der Waals surface area contributed by atoms with E-state index in [1.165, 1.54) is 7.11 Å². The van der Waals surface area contributed by atoms with Crippen molar-refractivity contribution in [2.75, 3.05) is 14.2 Å². The van der Waals surface area contributed by atoms with E-state index in [1.54, 1.807) is 37.2 Å². The van der Waals surface area contributed by atoms with E-state index < -0.39 is 0 Å². The number of hydrogen-bond acceptors (Lipinski definition) is 7.